The highest BCUT2D eigenvalue weighted by molar-refractivity contribution is 5.89. The first-order valence-corrected chi connectivity index (χ1v) is 16.6. The van der Waals surface area contributed by atoms with Gasteiger partial charge in [0.2, 0.25) is 5.91 Å². The summed E-state index contributed by atoms with van der Waals surface area (Å²) >= 11 is 0. The predicted molar refractivity (Wildman–Crippen MR) is 183 cm³/mol. The van der Waals surface area contributed by atoms with Crippen LogP contribution in [0.1, 0.15) is 45.6 Å². The van der Waals surface area contributed by atoms with Crippen molar-refractivity contribution in [3.63, 3.8) is 0 Å². The lowest BCUT2D eigenvalue weighted by Gasteiger charge is -2.43. The van der Waals surface area contributed by atoms with Gasteiger partial charge in [-0.05, 0) is 87.1 Å². The number of aryl methyl sites for hydroxylation is 1. The zero-order valence-corrected chi connectivity index (χ0v) is 27.8. The van der Waals surface area contributed by atoms with E-state index in [1.165, 1.54) is 6.07 Å². The third-order valence-electron chi connectivity index (χ3n) is 8.89. The van der Waals surface area contributed by atoms with Crippen molar-refractivity contribution in [3.05, 3.63) is 90.4 Å². The molecule has 0 N–H and O–H groups in total. The molecular weight excluding hydrogens is 595 g/mol. The number of carbonyl (C=O) groups is 2. The molecule has 1 atom stereocenters. The number of amides is 2. The molecule has 8 nitrogen and oxygen atoms in total. The Morgan fingerprint density at radius 1 is 0.957 bits per heavy atom. The fraction of sp³-hybridized carbons (Fsp3) is 0.421. The Morgan fingerprint density at radius 2 is 1.72 bits per heavy atom. The van der Waals surface area contributed by atoms with E-state index in [0.29, 0.717) is 32.8 Å². The second-order valence-electron chi connectivity index (χ2n) is 13.6. The van der Waals surface area contributed by atoms with E-state index in [1.807, 2.05) is 62.1 Å². The van der Waals surface area contributed by atoms with Crippen LogP contribution in [-0.4, -0.2) is 77.4 Å². The number of hydrogen-bond donors (Lipinski definition) is 0. The summed E-state index contributed by atoms with van der Waals surface area (Å²) < 4.78 is 27.4. The lowest BCUT2D eigenvalue weighted by Crippen LogP contribution is -2.61. The Bertz CT molecular complexity index is 1710. The Hall–Kier alpha value is -4.37. The molecule has 47 heavy (non-hydrogen) atoms. The molecule has 4 aromatic rings. The number of fused-ring (bicyclic) bond motifs is 1. The average Bonchev–Trinajstić information content (AvgIpc) is 3.85. The normalized spacial score (nSPS) is 16.8. The molecule has 1 saturated carbocycles. The fourth-order valence-corrected chi connectivity index (χ4v) is 6.47. The lowest BCUT2D eigenvalue weighted by atomic mass is 10.0. The van der Waals surface area contributed by atoms with Gasteiger partial charge in [-0.2, -0.15) is 0 Å². The molecule has 2 amide bonds. The average molecular weight is 641 g/mol. The quantitative estimate of drug-likeness (QED) is 0.173. The molecule has 0 spiro atoms. The predicted octanol–water partition coefficient (Wildman–Crippen LogP) is 7.10. The molecule has 1 aliphatic heterocycles. The number of nitrogens with zero attached hydrogens (tertiary/aromatic N) is 4. The highest BCUT2D eigenvalue weighted by atomic mass is 19.1. The van der Waals surface area contributed by atoms with Crippen molar-refractivity contribution in [3.8, 4) is 11.1 Å². The van der Waals surface area contributed by atoms with Gasteiger partial charge >= 0.3 is 6.09 Å². The van der Waals surface area contributed by atoms with Crippen LogP contribution in [0.3, 0.4) is 0 Å². The molecule has 9 heteroatoms. The molecule has 2 heterocycles. The number of halogens is 1. The van der Waals surface area contributed by atoms with Crippen LogP contribution in [0, 0.1) is 5.82 Å². The van der Waals surface area contributed by atoms with Crippen molar-refractivity contribution in [2.24, 2.45) is 0 Å². The van der Waals surface area contributed by atoms with Crippen LogP contribution in [0.2, 0.25) is 0 Å². The summed E-state index contributed by atoms with van der Waals surface area (Å²) in [7, 11) is 1.68. The molecule has 1 unspecified atom stereocenters. The van der Waals surface area contributed by atoms with Gasteiger partial charge in [0, 0.05) is 63.2 Å². The first kappa shape index (κ1) is 32.6. The van der Waals surface area contributed by atoms with E-state index >= 15 is 0 Å². The van der Waals surface area contributed by atoms with Gasteiger partial charge in [-0.3, -0.25) is 4.79 Å². The summed E-state index contributed by atoms with van der Waals surface area (Å²) in [6, 6.07) is 22.8. The number of rotatable bonds is 10. The molecule has 248 valence electrons. The number of hydrogen-bond acceptors (Lipinski definition) is 5. The second-order valence-corrected chi connectivity index (χ2v) is 13.6. The lowest BCUT2D eigenvalue weighted by molar-refractivity contribution is -0.134. The molecule has 0 bridgehead atoms. The van der Waals surface area contributed by atoms with Gasteiger partial charge in [-0.25, -0.2) is 9.18 Å². The molecule has 1 saturated heterocycles. The highest BCUT2D eigenvalue weighted by Crippen LogP contribution is 2.34. The van der Waals surface area contributed by atoms with Crippen LogP contribution in [-0.2, 0) is 27.4 Å². The van der Waals surface area contributed by atoms with E-state index in [4.69, 9.17) is 9.47 Å². The second kappa shape index (κ2) is 13.8. The minimum absolute atomic E-state index is 0.0201. The minimum atomic E-state index is -0.644. The van der Waals surface area contributed by atoms with Crippen molar-refractivity contribution in [1.29, 1.82) is 0 Å². The van der Waals surface area contributed by atoms with Gasteiger partial charge in [0.15, 0.2) is 0 Å². The van der Waals surface area contributed by atoms with Crippen LogP contribution in [0.25, 0.3) is 22.0 Å². The maximum Gasteiger partial charge on any atom is 0.410 e. The Labute approximate surface area is 276 Å². The minimum Gasteiger partial charge on any atom is -0.444 e. The number of anilines is 1. The van der Waals surface area contributed by atoms with Crippen molar-refractivity contribution in [2.75, 3.05) is 38.3 Å². The van der Waals surface area contributed by atoms with Crippen LogP contribution < -0.4 is 4.90 Å². The number of aromatic nitrogens is 1. The SMILES string of the molecule is COCCCn1cc(CN(C(=O)C2CN(C(=O)OC(C)(C)C)CCN2c2cccc(-c3ccccc3)c2)C2CC2)c2ccc(F)cc21. The van der Waals surface area contributed by atoms with Gasteiger partial charge in [0.25, 0.3) is 0 Å². The van der Waals surface area contributed by atoms with Crippen LogP contribution >= 0.6 is 0 Å². The third kappa shape index (κ3) is 7.62. The summed E-state index contributed by atoms with van der Waals surface area (Å²) in [5.74, 6) is -0.309. The van der Waals surface area contributed by atoms with Crippen molar-refractivity contribution in [2.45, 2.75) is 70.8 Å². The zero-order chi connectivity index (χ0) is 33.1. The third-order valence-corrected chi connectivity index (χ3v) is 8.89. The molecule has 0 radical (unpaired) electrons. The summed E-state index contributed by atoms with van der Waals surface area (Å²) in [4.78, 5) is 33.9. The van der Waals surface area contributed by atoms with Gasteiger partial charge < -0.3 is 28.7 Å². The summed E-state index contributed by atoms with van der Waals surface area (Å²) in [6.45, 7) is 8.41. The topological polar surface area (TPSA) is 67.2 Å². The Balaban J connectivity index is 1.33. The van der Waals surface area contributed by atoms with Crippen molar-refractivity contribution < 1.29 is 23.5 Å². The largest absolute Gasteiger partial charge is 0.444 e. The number of benzene rings is 3. The smallest absolute Gasteiger partial charge is 0.410 e. The molecule has 1 aromatic heterocycles. The Kier molecular flexibility index (Phi) is 9.55. The van der Waals surface area contributed by atoms with Crippen LogP contribution in [0.5, 0.6) is 0 Å². The first-order valence-electron chi connectivity index (χ1n) is 16.6. The van der Waals surface area contributed by atoms with Gasteiger partial charge in [0.05, 0.1) is 12.1 Å². The van der Waals surface area contributed by atoms with E-state index in [2.05, 4.69) is 39.9 Å². The molecule has 6 rings (SSSR count). The maximum absolute atomic E-state index is 14.8. The van der Waals surface area contributed by atoms with Crippen LogP contribution in [0.4, 0.5) is 14.9 Å². The highest BCUT2D eigenvalue weighted by Gasteiger charge is 2.42. The number of carbonyl (C=O) groups excluding carboxylic acids is 2. The fourth-order valence-electron chi connectivity index (χ4n) is 6.47. The first-order chi connectivity index (χ1) is 22.6. The van der Waals surface area contributed by atoms with E-state index in [-0.39, 0.29) is 24.3 Å². The zero-order valence-electron chi connectivity index (χ0n) is 27.8. The molecule has 3 aromatic carbocycles. The standard InChI is InChI=1S/C38H45FN4O4/c1-38(2,3)47-37(45)41-19-20-42(32-13-8-12-28(22-32)27-10-6-5-7-11-27)35(26-41)36(44)43(31-15-16-31)25-29-24-40(18-9-21-46-4)34-23-30(39)14-17-33(29)34/h5-8,10-14,17,22-24,31,35H,9,15-16,18-21,25-26H2,1-4H3. The summed E-state index contributed by atoms with van der Waals surface area (Å²) in [6.07, 6.45) is 4.29. The summed E-state index contributed by atoms with van der Waals surface area (Å²) in [5, 5.41) is 0.939. The van der Waals surface area contributed by atoms with Gasteiger partial charge in [-0.1, -0.05) is 42.5 Å². The Morgan fingerprint density at radius 3 is 2.45 bits per heavy atom. The summed E-state index contributed by atoms with van der Waals surface area (Å²) in [5.41, 5.74) is 4.25. The van der Waals surface area contributed by atoms with E-state index in [0.717, 1.165) is 52.5 Å². The van der Waals surface area contributed by atoms with E-state index in [9.17, 15) is 14.0 Å². The van der Waals surface area contributed by atoms with Crippen molar-refractivity contribution in [1.82, 2.24) is 14.4 Å². The molecule has 2 fully saturated rings. The number of ether oxygens (including phenoxy) is 2. The maximum atomic E-state index is 14.8. The molecular formula is C38H45FN4O4. The van der Waals surface area contributed by atoms with Crippen molar-refractivity contribution >= 4 is 28.6 Å². The van der Waals surface area contributed by atoms with Crippen LogP contribution in [0.15, 0.2) is 79.0 Å². The number of piperazine rings is 1. The van der Waals surface area contributed by atoms with Gasteiger partial charge in [0.1, 0.15) is 17.5 Å². The van der Waals surface area contributed by atoms with E-state index in [1.54, 1.807) is 18.1 Å². The number of methoxy groups -OCH3 is 1. The van der Waals surface area contributed by atoms with Gasteiger partial charge in [-0.15, -0.1) is 0 Å². The molecule has 2 aliphatic rings. The molecule has 1 aliphatic carbocycles. The van der Waals surface area contributed by atoms with E-state index < -0.39 is 17.7 Å². The monoisotopic (exact) mass is 640 g/mol.